The molecule has 2 aromatic rings. The Hall–Kier alpha value is -3.57. The van der Waals surface area contributed by atoms with E-state index >= 15 is 0 Å². The largest absolute Gasteiger partial charge is 0.415 e. The van der Waals surface area contributed by atoms with E-state index < -0.39 is 49.7 Å². The molecule has 152 valence electrons. The highest BCUT2D eigenvalue weighted by atomic mass is 32.2. The van der Waals surface area contributed by atoms with E-state index in [4.69, 9.17) is 6.57 Å². The molecule has 0 saturated carbocycles. The molecule has 29 heavy (non-hydrogen) atoms. The smallest absolute Gasteiger partial charge is 0.391 e. The summed E-state index contributed by atoms with van der Waals surface area (Å²) in [5, 5.41) is 27.9. The van der Waals surface area contributed by atoms with Crippen molar-refractivity contribution in [1.29, 1.82) is 0 Å². The molecular weight excluding hydrogens is 409 g/mol. The van der Waals surface area contributed by atoms with Gasteiger partial charge in [-0.3, -0.25) is 14.9 Å². The predicted molar refractivity (Wildman–Crippen MR) is 95.0 cm³/mol. The maximum atomic E-state index is 14.0. The molecule has 0 aliphatic heterocycles. The topological polar surface area (TPSA) is 168 Å². The van der Waals surface area contributed by atoms with Crippen LogP contribution in [-0.2, 0) is 14.6 Å². The standard InChI is InChI=1S/C15H14FN7O5S/c1-15(26,12(25)19-14-22-20-13(18-3)21-23-14)7-29(27,28)8-4-5-9(10(16)6-8)11(24)17-2/h4-6,26H,7H2,1-2H3,(H,17,24)(H,19,22,23,25)/t15-/m0/s1. The summed E-state index contributed by atoms with van der Waals surface area (Å²) in [5.41, 5.74) is -2.83. The first-order valence-electron chi connectivity index (χ1n) is 7.73. The number of aliphatic hydroxyl groups is 1. The zero-order chi connectivity index (χ0) is 21.8. The number of nitrogens with zero attached hydrogens (tertiary/aromatic N) is 5. The third-order valence-electron chi connectivity index (χ3n) is 3.53. The summed E-state index contributed by atoms with van der Waals surface area (Å²) in [5.74, 6) is -4.96. The van der Waals surface area contributed by atoms with Crippen molar-refractivity contribution in [1.82, 2.24) is 25.7 Å². The summed E-state index contributed by atoms with van der Waals surface area (Å²) < 4.78 is 39.0. The average molecular weight is 423 g/mol. The van der Waals surface area contributed by atoms with Crippen LogP contribution >= 0.6 is 0 Å². The number of sulfone groups is 1. The first-order valence-corrected chi connectivity index (χ1v) is 9.38. The Bertz CT molecular complexity index is 1100. The number of rotatable bonds is 6. The monoisotopic (exact) mass is 423 g/mol. The van der Waals surface area contributed by atoms with Gasteiger partial charge in [0.1, 0.15) is 5.82 Å². The second kappa shape index (κ2) is 8.20. The molecule has 2 rings (SSSR count). The minimum absolute atomic E-state index is 0.365. The Morgan fingerprint density at radius 3 is 2.41 bits per heavy atom. The van der Waals surface area contributed by atoms with Gasteiger partial charge in [-0.2, -0.15) is 0 Å². The van der Waals surface area contributed by atoms with Crippen LogP contribution in [0.2, 0.25) is 0 Å². The fourth-order valence-corrected chi connectivity index (χ4v) is 3.68. The van der Waals surface area contributed by atoms with Crippen LogP contribution in [0.1, 0.15) is 17.3 Å². The van der Waals surface area contributed by atoms with Crippen molar-refractivity contribution in [2.45, 2.75) is 17.4 Å². The van der Waals surface area contributed by atoms with E-state index in [1.165, 1.54) is 7.05 Å². The first-order chi connectivity index (χ1) is 13.5. The van der Waals surface area contributed by atoms with Gasteiger partial charge < -0.3 is 15.3 Å². The van der Waals surface area contributed by atoms with E-state index in [9.17, 15) is 27.5 Å². The van der Waals surface area contributed by atoms with E-state index in [2.05, 4.69) is 30.6 Å². The first kappa shape index (κ1) is 21.7. The number of anilines is 1. The van der Waals surface area contributed by atoms with E-state index in [0.717, 1.165) is 19.1 Å². The summed E-state index contributed by atoms with van der Waals surface area (Å²) in [6.45, 7) is 7.60. The van der Waals surface area contributed by atoms with Gasteiger partial charge in [-0.05, 0) is 45.5 Å². The molecule has 0 unspecified atom stereocenters. The minimum Gasteiger partial charge on any atom is -0.391 e. The lowest BCUT2D eigenvalue weighted by Gasteiger charge is -2.21. The number of aromatic nitrogens is 4. The van der Waals surface area contributed by atoms with Gasteiger partial charge in [-0.25, -0.2) is 12.8 Å². The number of nitrogens with one attached hydrogen (secondary N) is 2. The highest BCUT2D eigenvalue weighted by Crippen LogP contribution is 2.20. The van der Waals surface area contributed by atoms with Gasteiger partial charge in [0.05, 0.1) is 16.2 Å². The molecule has 14 heteroatoms. The van der Waals surface area contributed by atoms with Gasteiger partial charge in [0.25, 0.3) is 17.8 Å². The lowest BCUT2D eigenvalue weighted by Crippen LogP contribution is -2.46. The third kappa shape index (κ3) is 5.03. The van der Waals surface area contributed by atoms with E-state index in [-0.39, 0.29) is 11.5 Å². The number of carbonyl (C=O) groups is 2. The van der Waals surface area contributed by atoms with E-state index in [1.54, 1.807) is 0 Å². The lowest BCUT2D eigenvalue weighted by atomic mass is 10.1. The summed E-state index contributed by atoms with van der Waals surface area (Å²) in [6.07, 6.45) is 0. The van der Waals surface area contributed by atoms with Crippen molar-refractivity contribution in [3.05, 3.63) is 41.0 Å². The Balaban J connectivity index is 2.20. The molecule has 2 amide bonds. The number of amides is 2. The zero-order valence-electron chi connectivity index (χ0n) is 15.0. The van der Waals surface area contributed by atoms with Crippen molar-refractivity contribution < 1.29 is 27.5 Å². The maximum absolute atomic E-state index is 14.0. The normalized spacial score (nSPS) is 13.1. The number of halogens is 1. The van der Waals surface area contributed by atoms with Crippen LogP contribution in [0.15, 0.2) is 23.1 Å². The molecular formula is C15H14FN7O5S. The quantitative estimate of drug-likeness (QED) is 0.518. The number of hydrogen-bond acceptors (Lipinski definition) is 9. The van der Waals surface area contributed by atoms with Gasteiger partial charge in [-0.15, -0.1) is 6.57 Å². The molecule has 0 spiro atoms. The van der Waals surface area contributed by atoms with Crippen LogP contribution in [0.3, 0.4) is 0 Å². The van der Waals surface area contributed by atoms with Crippen molar-refractivity contribution in [2.24, 2.45) is 0 Å². The van der Waals surface area contributed by atoms with E-state index in [1.807, 2.05) is 5.32 Å². The van der Waals surface area contributed by atoms with Gasteiger partial charge in [0, 0.05) is 7.05 Å². The van der Waals surface area contributed by atoms with Crippen molar-refractivity contribution in [2.75, 3.05) is 18.1 Å². The fourth-order valence-electron chi connectivity index (χ4n) is 2.08. The summed E-state index contributed by atoms with van der Waals surface area (Å²) >= 11 is 0. The molecule has 1 aromatic carbocycles. The van der Waals surface area contributed by atoms with Crippen LogP contribution < -0.4 is 10.6 Å². The zero-order valence-corrected chi connectivity index (χ0v) is 15.9. The van der Waals surface area contributed by atoms with Crippen LogP contribution in [-0.4, -0.2) is 64.1 Å². The Morgan fingerprint density at radius 2 is 1.90 bits per heavy atom. The van der Waals surface area contributed by atoms with Gasteiger partial charge >= 0.3 is 5.95 Å². The minimum atomic E-state index is -4.33. The van der Waals surface area contributed by atoms with Gasteiger partial charge in [0.15, 0.2) is 15.4 Å². The second-order valence-electron chi connectivity index (χ2n) is 5.84. The SMILES string of the molecule is [C-]#[N+]c1nnc(NC(=O)[C@@](C)(O)CS(=O)(=O)c2ccc(C(=O)NC)c(F)c2)nn1. The summed E-state index contributed by atoms with van der Waals surface area (Å²) in [7, 11) is -3.05. The predicted octanol–water partition coefficient (Wildman–Crippen LogP) is -0.521. The summed E-state index contributed by atoms with van der Waals surface area (Å²) in [6, 6.07) is 2.57. The summed E-state index contributed by atoms with van der Waals surface area (Å²) in [4.78, 5) is 26.0. The molecule has 1 atom stereocenters. The van der Waals surface area contributed by atoms with Crippen LogP contribution in [0, 0.1) is 12.4 Å². The van der Waals surface area contributed by atoms with Gasteiger partial charge in [0.2, 0.25) is 0 Å². The molecule has 0 aliphatic rings. The number of benzene rings is 1. The molecule has 3 N–H and O–H groups in total. The molecule has 12 nitrogen and oxygen atoms in total. The van der Waals surface area contributed by atoms with Gasteiger partial charge in [-0.1, -0.05) is 0 Å². The van der Waals surface area contributed by atoms with Crippen molar-refractivity contribution in [3.63, 3.8) is 0 Å². The lowest BCUT2D eigenvalue weighted by molar-refractivity contribution is -0.130. The molecule has 0 aliphatic carbocycles. The molecule has 1 aromatic heterocycles. The molecule has 0 fully saturated rings. The van der Waals surface area contributed by atoms with Crippen molar-refractivity contribution >= 4 is 33.5 Å². The molecule has 0 radical (unpaired) electrons. The third-order valence-corrected chi connectivity index (χ3v) is 5.44. The fraction of sp³-hybridized carbons (Fsp3) is 0.267. The number of carbonyl (C=O) groups excluding carboxylic acids is 2. The van der Waals surface area contributed by atoms with E-state index in [0.29, 0.717) is 6.07 Å². The second-order valence-corrected chi connectivity index (χ2v) is 7.83. The van der Waals surface area contributed by atoms with Crippen molar-refractivity contribution in [3.8, 4) is 0 Å². The highest BCUT2D eigenvalue weighted by molar-refractivity contribution is 7.91. The Kier molecular flexibility index (Phi) is 6.15. The Labute approximate surface area is 163 Å². The van der Waals surface area contributed by atoms with Crippen LogP contribution in [0.25, 0.3) is 4.85 Å². The van der Waals surface area contributed by atoms with Crippen LogP contribution in [0.4, 0.5) is 16.3 Å². The van der Waals surface area contributed by atoms with Crippen LogP contribution in [0.5, 0.6) is 0 Å². The highest BCUT2D eigenvalue weighted by Gasteiger charge is 2.37. The number of hydrogen-bond donors (Lipinski definition) is 3. The Morgan fingerprint density at radius 1 is 1.28 bits per heavy atom. The maximum Gasteiger partial charge on any atom is 0.415 e. The molecule has 0 bridgehead atoms. The molecule has 1 heterocycles. The average Bonchev–Trinajstić information content (AvgIpc) is 2.67. The molecule has 0 saturated heterocycles.